The number of hydrogen-bond acceptors (Lipinski definition) is 6. The number of fused-ring (bicyclic) bond motifs is 1. The second-order valence-corrected chi connectivity index (χ2v) is 11.9. The molecule has 1 fully saturated rings. The third-order valence-electron chi connectivity index (χ3n) is 7.40. The van der Waals surface area contributed by atoms with Crippen molar-refractivity contribution in [1.29, 1.82) is 0 Å². The summed E-state index contributed by atoms with van der Waals surface area (Å²) in [7, 11) is -0.790. The molecule has 2 aromatic carbocycles. The van der Waals surface area contributed by atoms with Crippen LogP contribution in [-0.4, -0.2) is 51.5 Å². The molecule has 0 aromatic heterocycles. The van der Waals surface area contributed by atoms with Crippen molar-refractivity contribution < 1.29 is 17.9 Å². The van der Waals surface area contributed by atoms with E-state index in [4.69, 9.17) is 22.1 Å². The van der Waals surface area contributed by atoms with Crippen LogP contribution in [0.4, 0.5) is 11.4 Å². The third-order valence-corrected chi connectivity index (χ3v) is 9.67. The first-order valence-electron chi connectivity index (χ1n) is 12.2. The van der Waals surface area contributed by atoms with Gasteiger partial charge in [-0.3, -0.25) is 4.79 Å². The highest BCUT2D eigenvalue weighted by Crippen LogP contribution is 2.42. The molecule has 0 amide bonds. The number of methoxy groups -OCH3 is 1. The normalized spacial score (nSPS) is 21.7. The number of ether oxygens (including phenoxy) is 1. The van der Waals surface area contributed by atoms with Crippen LogP contribution in [0.3, 0.4) is 0 Å². The van der Waals surface area contributed by atoms with Crippen LogP contribution >= 0.6 is 11.6 Å². The summed E-state index contributed by atoms with van der Waals surface area (Å²) in [5, 5.41) is 0.454. The van der Waals surface area contributed by atoms with Crippen molar-refractivity contribution in [1.82, 2.24) is 4.31 Å². The predicted molar refractivity (Wildman–Crippen MR) is 139 cm³/mol. The minimum Gasteiger partial charge on any atom is -0.468 e. The fourth-order valence-corrected chi connectivity index (χ4v) is 7.21. The molecule has 2 N–H and O–H groups in total. The first-order valence-corrected chi connectivity index (χ1v) is 14.0. The molecule has 4 rings (SSSR count). The van der Waals surface area contributed by atoms with Gasteiger partial charge in [0.05, 0.1) is 12.8 Å². The average Bonchev–Trinajstić information content (AvgIpc) is 2.95. The number of carbonyl (C=O) groups is 1. The molecule has 1 saturated carbocycles. The van der Waals surface area contributed by atoms with Crippen LogP contribution in [0.2, 0.25) is 5.02 Å². The highest BCUT2D eigenvalue weighted by Gasteiger charge is 2.41. The molecule has 35 heavy (non-hydrogen) atoms. The van der Waals surface area contributed by atoms with Gasteiger partial charge in [-0.25, -0.2) is 8.42 Å². The van der Waals surface area contributed by atoms with Crippen molar-refractivity contribution in [3.63, 3.8) is 0 Å². The van der Waals surface area contributed by atoms with Gasteiger partial charge < -0.3 is 15.4 Å². The number of nitrogens with two attached hydrogens (primary N) is 1. The van der Waals surface area contributed by atoms with E-state index in [0.29, 0.717) is 41.6 Å². The summed E-state index contributed by atoms with van der Waals surface area (Å²) in [5.41, 5.74) is 8.06. The fourth-order valence-electron chi connectivity index (χ4n) is 5.33. The minimum absolute atomic E-state index is 0.150. The van der Waals surface area contributed by atoms with E-state index in [1.54, 1.807) is 23.5 Å². The van der Waals surface area contributed by atoms with Crippen LogP contribution in [-0.2, 0) is 26.0 Å². The molecule has 1 aliphatic carbocycles. The number of likely N-dealkylation sites (N-methyl/N-ethyl adjacent to an activating group) is 1. The lowest BCUT2D eigenvalue weighted by atomic mass is 9.83. The van der Waals surface area contributed by atoms with Gasteiger partial charge in [-0.15, -0.1) is 0 Å². The monoisotopic (exact) mass is 519 g/mol. The first-order chi connectivity index (χ1) is 16.7. The Morgan fingerprint density at radius 2 is 1.86 bits per heavy atom. The molecule has 1 heterocycles. The molecule has 2 atom stereocenters. The molecule has 0 radical (unpaired) electrons. The number of rotatable bonds is 6. The summed E-state index contributed by atoms with van der Waals surface area (Å²) < 4.78 is 34.2. The number of anilines is 2. The van der Waals surface area contributed by atoms with Gasteiger partial charge in [0.2, 0.25) is 10.0 Å². The Balaban J connectivity index is 1.79. The van der Waals surface area contributed by atoms with E-state index < -0.39 is 22.0 Å². The molecular formula is C26H34ClN3O4S. The molecule has 9 heteroatoms. The van der Waals surface area contributed by atoms with Gasteiger partial charge in [0.15, 0.2) is 0 Å². The van der Waals surface area contributed by atoms with E-state index in [-0.39, 0.29) is 10.9 Å². The second kappa shape index (κ2) is 10.9. The van der Waals surface area contributed by atoms with Crippen molar-refractivity contribution in [3.05, 3.63) is 53.1 Å². The number of para-hydroxylation sites is 1. The molecule has 0 saturated heterocycles. The number of benzene rings is 2. The summed E-state index contributed by atoms with van der Waals surface area (Å²) >= 11 is 6.69. The maximum Gasteiger partial charge on any atom is 0.322 e. The quantitative estimate of drug-likeness (QED) is 0.565. The zero-order valence-corrected chi connectivity index (χ0v) is 21.9. The maximum absolute atomic E-state index is 14.0. The molecule has 0 spiro atoms. The number of aryl methyl sites for hydroxylation is 1. The lowest BCUT2D eigenvalue weighted by Gasteiger charge is -2.36. The Labute approximate surface area is 213 Å². The van der Waals surface area contributed by atoms with E-state index in [0.717, 1.165) is 31.4 Å². The van der Waals surface area contributed by atoms with Gasteiger partial charge in [0.1, 0.15) is 10.9 Å². The second-order valence-electron chi connectivity index (χ2n) is 9.51. The smallest absolute Gasteiger partial charge is 0.322 e. The van der Waals surface area contributed by atoms with E-state index in [1.807, 2.05) is 30.3 Å². The van der Waals surface area contributed by atoms with Gasteiger partial charge in [-0.2, -0.15) is 4.31 Å². The van der Waals surface area contributed by atoms with Crippen LogP contribution < -0.4 is 10.6 Å². The van der Waals surface area contributed by atoms with Crippen LogP contribution in [0, 0.1) is 5.92 Å². The van der Waals surface area contributed by atoms with Crippen LogP contribution in [0.25, 0.3) is 0 Å². The maximum atomic E-state index is 14.0. The Kier molecular flexibility index (Phi) is 8.06. The molecule has 2 aromatic rings. The van der Waals surface area contributed by atoms with Crippen LogP contribution in [0.1, 0.15) is 44.1 Å². The SMILES string of the molecule is COC(=O)[C@@H](N)CCc1cc2c(cc1Cl)N(c1ccccc1)C[C@@H](C1CCCCC1)N(C)S2(=O)=O. The lowest BCUT2D eigenvalue weighted by Crippen LogP contribution is -2.46. The number of hydrogen-bond donors (Lipinski definition) is 1. The molecule has 0 unspecified atom stereocenters. The highest BCUT2D eigenvalue weighted by molar-refractivity contribution is 7.89. The van der Waals surface area contributed by atoms with Crippen molar-refractivity contribution in [3.8, 4) is 0 Å². The number of esters is 1. The molecule has 190 valence electrons. The summed E-state index contributed by atoms with van der Waals surface area (Å²) in [5.74, 6) is -0.203. The van der Waals surface area contributed by atoms with E-state index in [1.165, 1.54) is 13.5 Å². The van der Waals surface area contributed by atoms with E-state index in [9.17, 15) is 13.2 Å². The summed E-state index contributed by atoms with van der Waals surface area (Å²) in [4.78, 5) is 14.1. The molecule has 7 nitrogen and oxygen atoms in total. The first kappa shape index (κ1) is 25.9. The number of nitrogens with zero attached hydrogens (tertiary/aromatic N) is 2. The zero-order valence-electron chi connectivity index (χ0n) is 20.3. The van der Waals surface area contributed by atoms with Crippen molar-refractivity contribution in [2.75, 3.05) is 25.6 Å². The molecule has 1 aliphatic heterocycles. The highest BCUT2D eigenvalue weighted by atomic mass is 35.5. The predicted octanol–water partition coefficient (Wildman–Crippen LogP) is 4.49. The Morgan fingerprint density at radius 3 is 2.51 bits per heavy atom. The van der Waals surface area contributed by atoms with Crippen LogP contribution in [0.5, 0.6) is 0 Å². The largest absolute Gasteiger partial charge is 0.468 e. The zero-order chi connectivity index (χ0) is 25.2. The summed E-state index contributed by atoms with van der Waals surface area (Å²) in [6.45, 7) is 0.556. The molecule has 0 bridgehead atoms. The van der Waals surface area contributed by atoms with E-state index in [2.05, 4.69) is 4.90 Å². The Hall–Kier alpha value is -2.13. The third kappa shape index (κ3) is 5.35. The number of sulfonamides is 1. The van der Waals surface area contributed by atoms with Crippen molar-refractivity contribution in [2.45, 2.75) is 61.9 Å². The lowest BCUT2D eigenvalue weighted by molar-refractivity contribution is -0.142. The summed E-state index contributed by atoms with van der Waals surface area (Å²) in [6.07, 6.45) is 6.18. The standard InChI is InChI=1S/C26H34ClN3O4S/c1-29-24(18-9-5-3-6-10-18)17-30(20-11-7-4-8-12-20)23-16-21(27)19(15-25(23)35(29,32)33)13-14-22(28)26(31)34-2/h4,7-8,11-12,15-16,18,22,24H,3,5-6,9-10,13-14,17,28H2,1-2H3/t22-,24-/m0/s1. The number of carbonyl (C=O) groups excluding carboxylic acids is 1. The van der Waals surface area contributed by atoms with Gasteiger partial charge >= 0.3 is 5.97 Å². The van der Waals surface area contributed by atoms with Gasteiger partial charge in [-0.1, -0.05) is 49.1 Å². The Morgan fingerprint density at radius 1 is 1.17 bits per heavy atom. The number of halogens is 1. The summed E-state index contributed by atoms with van der Waals surface area (Å²) in [6, 6.07) is 12.3. The van der Waals surface area contributed by atoms with Gasteiger partial charge in [0, 0.05) is 30.3 Å². The molecule has 2 aliphatic rings. The van der Waals surface area contributed by atoms with Gasteiger partial charge in [0.25, 0.3) is 0 Å². The van der Waals surface area contributed by atoms with Crippen molar-refractivity contribution >= 4 is 39.0 Å². The minimum atomic E-state index is -3.79. The Bertz CT molecular complexity index is 1150. The van der Waals surface area contributed by atoms with Crippen LogP contribution in [0.15, 0.2) is 47.4 Å². The van der Waals surface area contributed by atoms with Crippen molar-refractivity contribution in [2.24, 2.45) is 11.7 Å². The molecular weight excluding hydrogens is 486 g/mol. The topological polar surface area (TPSA) is 92.9 Å². The van der Waals surface area contributed by atoms with E-state index >= 15 is 0 Å². The fraction of sp³-hybridized carbons (Fsp3) is 0.500. The average molecular weight is 520 g/mol. The van der Waals surface area contributed by atoms with Gasteiger partial charge in [-0.05, 0) is 61.4 Å².